The van der Waals surface area contributed by atoms with Crippen molar-refractivity contribution in [2.45, 2.75) is 50.8 Å². The van der Waals surface area contributed by atoms with Crippen LogP contribution in [0.3, 0.4) is 0 Å². The van der Waals surface area contributed by atoms with Crippen molar-refractivity contribution in [1.29, 1.82) is 0 Å². The number of rotatable bonds is 0. The van der Waals surface area contributed by atoms with Gasteiger partial charge in [0, 0.05) is 6.04 Å². The van der Waals surface area contributed by atoms with Crippen LogP contribution in [0.4, 0.5) is 0 Å². The highest BCUT2D eigenvalue weighted by molar-refractivity contribution is 4.89. The van der Waals surface area contributed by atoms with Crippen LogP contribution in [0.25, 0.3) is 0 Å². The Balaban J connectivity index is 1.98. The lowest BCUT2D eigenvalue weighted by Gasteiger charge is -2.32. The molecule has 1 saturated carbocycles. The molecule has 1 heterocycles. The Bertz CT molecular complexity index is 135. The monoisotopic (exact) mass is 155 g/mol. The lowest BCUT2D eigenvalue weighted by Crippen LogP contribution is -2.44. The van der Waals surface area contributed by atoms with E-state index >= 15 is 0 Å². The average Bonchev–Trinajstić information content (AvgIpc) is 2.34. The zero-order valence-electron chi connectivity index (χ0n) is 7.23. The minimum Gasteiger partial charge on any atom is -0.359 e. The summed E-state index contributed by atoms with van der Waals surface area (Å²) in [4.78, 5) is 0. The van der Waals surface area contributed by atoms with Crippen LogP contribution < -0.4 is 5.32 Å². The first-order chi connectivity index (χ1) is 5.31. The topological polar surface area (TPSA) is 21.3 Å². The minimum atomic E-state index is 0.0949. The van der Waals surface area contributed by atoms with E-state index in [9.17, 15) is 0 Å². The van der Waals surface area contributed by atoms with Gasteiger partial charge in [-0.1, -0.05) is 6.42 Å². The fourth-order valence-electron chi connectivity index (χ4n) is 2.23. The highest BCUT2D eigenvalue weighted by Gasteiger charge is 2.38. The molecule has 11 heavy (non-hydrogen) atoms. The molecule has 1 spiro atoms. The SMILES string of the molecule is CC1COC2(CCCCC2)N1. The van der Waals surface area contributed by atoms with E-state index in [0.29, 0.717) is 6.04 Å². The minimum absolute atomic E-state index is 0.0949. The molecule has 0 aromatic heterocycles. The summed E-state index contributed by atoms with van der Waals surface area (Å²) < 4.78 is 5.78. The molecule has 0 bridgehead atoms. The number of nitrogens with one attached hydrogen (secondary N) is 1. The van der Waals surface area contributed by atoms with Gasteiger partial charge in [-0.25, -0.2) is 0 Å². The van der Waals surface area contributed by atoms with E-state index in [1.54, 1.807) is 0 Å². The summed E-state index contributed by atoms with van der Waals surface area (Å²) in [7, 11) is 0. The average molecular weight is 155 g/mol. The van der Waals surface area contributed by atoms with Crippen LogP contribution in [0.5, 0.6) is 0 Å². The van der Waals surface area contributed by atoms with Gasteiger partial charge in [-0.05, 0) is 32.6 Å². The second-order valence-electron chi connectivity index (χ2n) is 3.91. The summed E-state index contributed by atoms with van der Waals surface area (Å²) in [5, 5.41) is 3.55. The number of hydrogen-bond acceptors (Lipinski definition) is 2. The van der Waals surface area contributed by atoms with Gasteiger partial charge in [-0.15, -0.1) is 0 Å². The highest BCUT2D eigenvalue weighted by Crippen LogP contribution is 2.32. The van der Waals surface area contributed by atoms with Crippen LogP contribution in [0, 0.1) is 0 Å². The van der Waals surface area contributed by atoms with Crippen molar-refractivity contribution < 1.29 is 4.74 Å². The first-order valence-corrected chi connectivity index (χ1v) is 4.72. The van der Waals surface area contributed by atoms with Gasteiger partial charge in [0.15, 0.2) is 0 Å². The molecule has 0 aromatic carbocycles. The van der Waals surface area contributed by atoms with Crippen LogP contribution in [-0.4, -0.2) is 18.4 Å². The standard InChI is InChI=1S/C9H17NO/c1-8-7-11-9(10-8)5-3-2-4-6-9/h8,10H,2-7H2,1H3. The largest absolute Gasteiger partial charge is 0.359 e. The molecule has 64 valence electrons. The molecule has 1 saturated heterocycles. The molecule has 1 aliphatic carbocycles. The van der Waals surface area contributed by atoms with Gasteiger partial charge in [0.25, 0.3) is 0 Å². The van der Waals surface area contributed by atoms with Crippen molar-refractivity contribution >= 4 is 0 Å². The van der Waals surface area contributed by atoms with Crippen molar-refractivity contribution in [2.75, 3.05) is 6.61 Å². The fourth-order valence-corrected chi connectivity index (χ4v) is 2.23. The molecule has 2 fully saturated rings. The molecule has 2 rings (SSSR count). The fraction of sp³-hybridized carbons (Fsp3) is 1.00. The third-order valence-corrected chi connectivity index (χ3v) is 2.78. The smallest absolute Gasteiger partial charge is 0.119 e. The maximum Gasteiger partial charge on any atom is 0.119 e. The summed E-state index contributed by atoms with van der Waals surface area (Å²) in [6.07, 6.45) is 6.50. The quantitative estimate of drug-likeness (QED) is 0.574. The Labute approximate surface area is 68.3 Å². The van der Waals surface area contributed by atoms with Crippen molar-refractivity contribution in [3.8, 4) is 0 Å². The molecule has 0 amide bonds. The second-order valence-corrected chi connectivity index (χ2v) is 3.91. The van der Waals surface area contributed by atoms with Crippen molar-refractivity contribution in [1.82, 2.24) is 5.32 Å². The van der Waals surface area contributed by atoms with Gasteiger partial charge < -0.3 is 4.74 Å². The molecule has 1 atom stereocenters. The van der Waals surface area contributed by atoms with Crippen molar-refractivity contribution in [3.05, 3.63) is 0 Å². The van der Waals surface area contributed by atoms with Gasteiger partial charge in [0.2, 0.25) is 0 Å². The van der Waals surface area contributed by atoms with Crippen LogP contribution in [0.2, 0.25) is 0 Å². The zero-order valence-corrected chi connectivity index (χ0v) is 7.23. The molecule has 0 radical (unpaired) electrons. The lowest BCUT2D eigenvalue weighted by atomic mass is 9.92. The van der Waals surface area contributed by atoms with E-state index < -0.39 is 0 Å². The number of hydrogen-bond donors (Lipinski definition) is 1. The third-order valence-electron chi connectivity index (χ3n) is 2.78. The van der Waals surface area contributed by atoms with Crippen molar-refractivity contribution in [2.24, 2.45) is 0 Å². The Morgan fingerprint density at radius 3 is 2.55 bits per heavy atom. The maximum atomic E-state index is 5.78. The second kappa shape index (κ2) is 2.76. The van der Waals surface area contributed by atoms with E-state index in [1.807, 2.05) is 0 Å². The molecule has 2 heteroatoms. The van der Waals surface area contributed by atoms with E-state index in [0.717, 1.165) is 6.61 Å². The predicted molar refractivity (Wildman–Crippen MR) is 44.4 cm³/mol. The van der Waals surface area contributed by atoms with Gasteiger partial charge in [0.1, 0.15) is 5.72 Å². The molecule has 0 aromatic rings. The molecule has 2 aliphatic rings. The Kier molecular flexibility index (Phi) is 1.90. The van der Waals surface area contributed by atoms with E-state index in [1.165, 1.54) is 32.1 Å². The van der Waals surface area contributed by atoms with Crippen LogP contribution in [0.15, 0.2) is 0 Å². The summed E-state index contributed by atoms with van der Waals surface area (Å²) >= 11 is 0. The molecule has 1 N–H and O–H groups in total. The van der Waals surface area contributed by atoms with E-state index in [2.05, 4.69) is 12.2 Å². The normalized spacial score (nSPS) is 36.3. The van der Waals surface area contributed by atoms with E-state index in [4.69, 9.17) is 4.74 Å². The summed E-state index contributed by atoms with van der Waals surface area (Å²) in [5.41, 5.74) is 0.0949. The summed E-state index contributed by atoms with van der Waals surface area (Å²) in [6.45, 7) is 3.10. The van der Waals surface area contributed by atoms with Gasteiger partial charge in [-0.3, -0.25) is 5.32 Å². The Morgan fingerprint density at radius 1 is 1.27 bits per heavy atom. The maximum absolute atomic E-state index is 5.78. The predicted octanol–water partition coefficient (Wildman–Crippen LogP) is 1.66. The number of ether oxygens (including phenoxy) is 1. The first kappa shape index (κ1) is 7.56. The Morgan fingerprint density at radius 2 is 2.00 bits per heavy atom. The molecular formula is C9H17NO. The lowest BCUT2D eigenvalue weighted by molar-refractivity contribution is -0.0383. The van der Waals surface area contributed by atoms with Crippen LogP contribution in [0.1, 0.15) is 39.0 Å². The van der Waals surface area contributed by atoms with Gasteiger partial charge >= 0.3 is 0 Å². The Hall–Kier alpha value is -0.0800. The van der Waals surface area contributed by atoms with Gasteiger partial charge in [0.05, 0.1) is 6.61 Å². The molecule has 2 nitrogen and oxygen atoms in total. The van der Waals surface area contributed by atoms with Crippen LogP contribution >= 0.6 is 0 Å². The molecular weight excluding hydrogens is 138 g/mol. The van der Waals surface area contributed by atoms with Gasteiger partial charge in [-0.2, -0.15) is 0 Å². The zero-order chi connectivity index (χ0) is 7.73. The van der Waals surface area contributed by atoms with E-state index in [-0.39, 0.29) is 5.72 Å². The highest BCUT2D eigenvalue weighted by atomic mass is 16.5. The molecule has 1 unspecified atom stereocenters. The molecule has 1 aliphatic heterocycles. The summed E-state index contributed by atoms with van der Waals surface area (Å²) in [5.74, 6) is 0. The third kappa shape index (κ3) is 1.42. The van der Waals surface area contributed by atoms with Crippen LogP contribution in [-0.2, 0) is 4.74 Å². The van der Waals surface area contributed by atoms with Crippen molar-refractivity contribution in [3.63, 3.8) is 0 Å². The summed E-state index contributed by atoms with van der Waals surface area (Å²) in [6, 6.07) is 0.563. The first-order valence-electron chi connectivity index (χ1n) is 4.72.